The highest BCUT2D eigenvalue weighted by Gasteiger charge is 2.10. The summed E-state index contributed by atoms with van der Waals surface area (Å²) in [6.07, 6.45) is 6.22. The van der Waals surface area contributed by atoms with Gasteiger partial charge in [-0.2, -0.15) is 0 Å². The van der Waals surface area contributed by atoms with Crippen LogP contribution in [0.4, 0.5) is 0 Å². The summed E-state index contributed by atoms with van der Waals surface area (Å²) in [5.41, 5.74) is 1.07. The van der Waals surface area contributed by atoms with E-state index in [-0.39, 0.29) is 5.78 Å². The maximum atomic E-state index is 11.8. The molecule has 1 aliphatic rings. The summed E-state index contributed by atoms with van der Waals surface area (Å²) < 4.78 is 5.29. The Balaban J connectivity index is 1.76. The molecule has 1 saturated heterocycles. The van der Waals surface area contributed by atoms with E-state index in [2.05, 4.69) is 23.3 Å². The van der Waals surface area contributed by atoms with Gasteiger partial charge in [-0.05, 0) is 30.0 Å². The Kier molecular flexibility index (Phi) is 6.30. The van der Waals surface area contributed by atoms with Gasteiger partial charge in [0.05, 0.1) is 13.2 Å². The van der Waals surface area contributed by atoms with Gasteiger partial charge in [-0.15, -0.1) is 11.8 Å². The number of benzene rings is 1. The first-order valence-electron chi connectivity index (χ1n) is 6.93. The van der Waals surface area contributed by atoms with Crippen LogP contribution in [0.15, 0.2) is 35.2 Å². The molecule has 20 heavy (non-hydrogen) atoms. The maximum absolute atomic E-state index is 11.8. The van der Waals surface area contributed by atoms with E-state index in [1.807, 2.05) is 18.2 Å². The smallest absolute Gasteiger partial charge is 0.156 e. The number of rotatable bonds is 6. The van der Waals surface area contributed by atoms with Gasteiger partial charge < -0.3 is 4.74 Å². The van der Waals surface area contributed by atoms with E-state index in [1.54, 1.807) is 17.8 Å². The number of hydrogen-bond donors (Lipinski definition) is 0. The summed E-state index contributed by atoms with van der Waals surface area (Å²) in [5.74, 6) is 0.186. The Morgan fingerprint density at radius 3 is 2.65 bits per heavy atom. The number of carbonyl (C=O) groups is 1. The predicted molar refractivity (Wildman–Crippen MR) is 84.1 cm³/mol. The monoisotopic (exact) mass is 291 g/mol. The number of carbonyl (C=O) groups excluding carboxylic acids is 1. The molecule has 0 amide bonds. The Bertz CT molecular complexity index is 450. The van der Waals surface area contributed by atoms with Gasteiger partial charge in [0.15, 0.2) is 5.78 Å². The van der Waals surface area contributed by atoms with Gasteiger partial charge in [0.1, 0.15) is 0 Å². The van der Waals surface area contributed by atoms with Crippen LogP contribution >= 0.6 is 11.8 Å². The standard InChI is InChI=1S/C16H21NO2S/c1-20-16-6-3-14(4-7-16)2-5-15(18)8-9-17-10-12-19-13-11-17/h2-7H,8-13H2,1H3/b5-2+. The van der Waals surface area contributed by atoms with Crippen molar-refractivity contribution in [1.82, 2.24) is 4.90 Å². The normalized spacial score (nSPS) is 16.6. The molecule has 0 bridgehead atoms. The van der Waals surface area contributed by atoms with Gasteiger partial charge in [0, 0.05) is 31.0 Å². The third kappa shape index (κ3) is 5.12. The zero-order valence-electron chi connectivity index (χ0n) is 11.9. The number of nitrogens with zero attached hydrogens (tertiary/aromatic N) is 1. The molecular weight excluding hydrogens is 270 g/mol. The van der Waals surface area contributed by atoms with Crippen LogP contribution in [0.5, 0.6) is 0 Å². The molecule has 2 rings (SSSR count). The summed E-state index contributed by atoms with van der Waals surface area (Å²) in [6.45, 7) is 4.27. The topological polar surface area (TPSA) is 29.5 Å². The lowest BCUT2D eigenvalue weighted by atomic mass is 10.1. The van der Waals surface area contributed by atoms with Gasteiger partial charge >= 0.3 is 0 Å². The number of ketones is 1. The van der Waals surface area contributed by atoms with E-state index in [9.17, 15) is 4.79 Å². The molecule has 1 heterocycles. The highest BCUT2D eigenvalue weighted by Crippen LogP contribution is 2.15. The van der Waals surface area contributed by atoms with Crippen molar-refractivity contribution in [2.75, 3.05) is 39.1 Å². The predicted octanol–water partition coefficient (Wildman–Crippen LogP) is 2.71. The highest BCUT2D eigenvalue weighted by molar-refractivity contribution is 7.98. The van der Waals surface area contributed by atoms with Crippen molar-refractivity contribution in [2.45, 2.75) is 11.3 Å². The molecule has 0 aliphatic carbocycles. The van der Waals surface area contributed by atoms with Gasteiger partial charge in [-0.3, -0.25) is 9.69 Å². The zero-order valence-corrected chi connectivity index (χ0v) is 12.7. The van der Waals surface area contributed by atoms with E-state index >= 15 is 0 Å². The Labute approximate surface area is 125 Å². The first kappa shape index (κ1) is 15.3. The Hall–Kier alpha value is -1.10. The van der Waals surface area contributed by atoms with Crippen LogP contribution in [0.1, 0.15) is 12.0 Å². The highest BCUT2D eigenvalue weighted by atomic mass is 32.2. The fourth-order valence-corrected chi connectivity index (χ4v) is 2.49. The molecule has 3 nitrogen and oxygen atoms in total. The van der Waals surface area contributed by atoms with Crippen LogP contribution in [0.25, 0.3) is 6.08 Å². The summed E-state index contributed by atoms with van der Waals surface area (Å²) in [6, 6.07) is 8.22. The minimum atomic E-state index is 0.186. The Morgan fingerprint density at radius 2 is 2.00 bits per heavy atom. The molecule has 0 aromatic heterocycles. The summed E-state index contributed by atoms with van der Waals surface area (Å²) in [5, 5.41) is 0. The number of hydrogen-bond acceptors (Lipinski definition) is 4. The van der Waals surface area contributed by atoms with E-state index in [0.29, 0.717) is 6.42 Å². The Morgan fingerprint density at radius 1 is 1.30 bits per heavy atom. The molecule has 1 fully saturated rings. The molecular formula is C16H21NO2S. The first-order chi connectivity index (χ1) is 9.78. The number of thioether (sulfide) groups is 1. The molecule has 0 atom stereocenters. The fraction of sp³-hybridized carbons (Fsp3) is 0.438. The number of ether oxygens (including phenoxy) is 1. The third-order valence-electron chi connectivity index (χ3n) is 3.36. The molecule has 1 aromatic carbocycles. The first-order valence-corrected chi connectivity index (χ1v) is 8.15. The second-order valence-corrected chi connectivity index (χ2v) is 5.66. The summed E-state index contributed by atoms with van der Waals surface area (Å²) >= 11 is 1.72. The zero-order chi connectivity index (χ0) is 14.2. The summed E-state index contributed by atoms with van der Waals surface area (Å²) in [4.78, 5) is 15.4. The van der Waals surface area contributed by atoms with Crippen molar-refractivity contribution in [1.29, 1.82) is 0 Å². The van der Waals surface area contributed by atoms with Crippen LogP contribution in [-0.4, -0.2) is 49.8 Å². The maximum Gasteiger partial charge on any atom is 0.156 e. The molecule has 4 heteroatoms. The molecule has 1 aromatic rings. The van der Waals surface area contributed by atoms with Crippen LogP contribution in [0.3, 0.4) is 0 Å². The van der Waals surface area contributed by atoms with E-state index in [4.69, 9.17) is 4.74 Å². The fourth-order valence-electron chi connectivity index (χ4n) is 2.08. The average molecular weight is 291 g/mol. The van der Waals surface area contributed by atoms with Crippen LogP contribution in [-0.2, 0) is 9.53 Å². The van der Waals surface area contributed by atoms with Crippen molar-refractivity contribution >= 4 is 23.6 Å². The second-order valence-electron chi connectivity index (χ2n) is 4.78. The summed E-state index contributed by atoms with van der Waals surface area (Å²) in [7, 11) is 0. The van der Waals surface area contributed by atoms with Crippen LogP contribution in [0, 0.1) is 0 Å². The minimum Gasteiger partial charge on any atom is -0.379 e. The number of morpholine rings is 1. The van der Waals surface area contributed by atoms with E-state index in [0.717, 1.165) is 38.4 Å². The molecule has 0 saturated carbocycles. The molecule has 0 N–H and O–H groups in total. The largest absolute Gasteiger partial charge is 0.379 e. The molecule has 0 unspecified atom stereocenters. The quantitative estimate of drug-likeness (QED) is 0.595. The average Bonchev–Trinajstić information content (AvgIpc) is 2.52. The number of allylic oxidation sites excluding steroid dienone is 1. The van der Waals surface area contributed by atoms with Crippen LogP contribution in [0.2, 0.25) is 0 Å². The van der Waals surface area contributed by atoms with Crippen molar-refractivity contribution < 1.29 is 9.53 Å². The SMILES string of the molecule is CSc1ccc(/C=C/C(=O)CCN2CCOCC2)cc1. The van der Waals surface area contributed by atoms with Gasteiger partial charge in [0.2, 0.25) is 0 Å². The lowest BCUT2D eigenvalue weighted by molar-refractivity contribution is -0.115. The molecule has 1 aliphatic heterocycles. The van der Waals surface area contributed by atoms with Crippen molar-refractivity contribution in [3.05, 3.63) is 35.9 Å². The van der Waals surface area contributed by atoms with E-state index in [1.165, 1.54) is 4.90 Å². The van der Waals surface area contributed by atoms with Gasteiger partial charge in [-0.25, -0.2) is 0 Å². The van der Waals surface area contributed by atoms with Crippen molar-refractivity contribution in [3.63, 3.8) is 0 Å². The van der Waals surface area contributed by atoms with Gasteiger partial charge in [-0.1, -0.05) is 18.2 Å². The molecule has 0 spiro atoms. The van der Waals surface area contributed by atoms with Crippen LogP contribution < -0.4 is 0 Å². The van der Waals surface area contributed by atoms with Crippen molar-refractivity contribution in [2.24, 2.45) is 0 Å². The molecule has 108 valence electrons. The second kappa shape index (κ2) is 8.25. The molecule has 0 radical (unpaired) electrons. The lowest BCUT2D eigenvalue weighted by Gasteiger charge is -2.25. The van der Waals surface area contributed by atoms with E-state index < -0.39 is 0 Å². The lowest BCUT2D eigenvalue weighted by Crippen LogP contribution is -2.37. The third-order valence-corrected chi connectivity index (χ3v) is 4.10. The minimum absolute atomic E-state index is 0.186. The van der Waals surface area contributed by atoms with Crippen molar-refractivity contribution in [3.8, 4) is 0 Å². The van der Waals surface area contributed by atoms with Gasteiger partial charge in [0.25, 0.3) is 0 Å².